The number of aliphatic hydroxyl groups is 1. The number of amides is 1. The highest BCUT2D eigenvalue weighted by molar-refractivity contribution is 7.99. The molecule has 0 aliphatic carbocycles. The summed E-state index contributed by atoms with van der Waals surface area (Å²) in [4.78, 5) is 14.2. The fraction of sp³-hybridized carbons (Fsp3) is 0.500. The van der Waals surface area contributed by atoms with Crippen LogP contribution < -0.4 is 0 Å². The number of carbonyl (C=O) groups excluding carboxylic acids is 1. The zero-order valence-electron chi connectivity index (χ0n) is 10.7. The van der Waals surface area contributed by atoms with Crippen molar-refractivity contribution in [2.75, 3.05) is 18.8 Å². The predicted molar refractivity (Wildman–Crippen MR) is 73.6 cm³/mol. The number of piperidine rings is 1. The number of rotatable bonds is 4. The van der Waals surface area contributed by atoms with Crippen molar-refractivity contribution in [1.29, 1.82) is 0 Å². The van der Waals surface area contributed by atoms with Crippen LogP contribution in [0.3, 0.4) is 0 Å². The van der Waals surface area contributed by atoms with Crippen molar-refractivity contribution < 1.29 is 14.3 Å². The van der Waals surface area contributed by atoms with Crippen molar-refractivity contribution in [2.24, 2.45) is 0 Å². The van der Waals surface area contributed by atoms with Crippen LogP contribution in [0.4, 0.5) is 4.39 Å². The summed E-state index contributed by atoms with van der Waals surface area (Å²) in [6.45, 7) is 1.16. The minimum Gasteiger partial charge on any atom is -0.391 e. The highest BCUT2D eigenvalue weighted by atomic mass is 32.2. The summed E-state index contributed by atoms with van der Waals surface area (Å²) in [5.41, 5.74) is 0. The van der Waals surface area contributed by atoms with Crippen molar-refractivity contribution in [3.05, 3.63) is 30.1 Å². The Kier molecular flexibility index (Phi) is 5.22. The Morgan fingerprint density at radius 1 is 1.47 bits per heavy atom. The second-order valence-electron chi connectivity index (χ2n) is 4.66. The van der Waals surface area contributed by atoms with E-state index in [-0.39, 0.29) is 11.7 Å². The van der Waals surface area contributed by atoms with Gasteiger partial charge in [0.05, 0.1) is 6.10 Å². The molecule has 0 saturated carbocycles. The van der Waals surface area contributed by atoms with Gasteiger partial charge in [-0.25, -0.2) is 4.39 Å². The van der Waals surface area contributed by atoms with E-state index in [4.69, 9.17) is 0 Å². The van der Waals surface area contributed by atoms with Crippen molar-refractivity contribution >= 4 is 17.7 Å². The number of hydrogen-bond donors (Lipinski definition) is 1. The minimum atomic E-state index is -0.392. The largest absolute Gasteiger partial charge is 0.391 e. The molecular weight excluding hydrogens is 265 g/mol. The van der Waals surface area contributed by atoms with Gasteiger partial charge in [-0.05, 0) is 25.0 Å². The number of hydrogen-bond acceptors (Lipinski definition) is 3. The maximum absolute atomic E-state index is 13.4. The summed E-state index contributed by atoms with van der Waals surface area (Å²) >= 11 is 1.36. The van der Waals surface area contributed by atoms with Gasteiger partial charge < -0.3 is 10.0 Å². The normalized spacial score (nSPS) is 19.5. The molecular formula is C14H18FNO2S. The van der Waals surface area contributed by atoms with Crippen molar-refractivity contribution in [2.45, 2.75) is 30.3 Å². The van der Waals surface area contributed by atoms with Crippen LogP contribution in [0.15, 0.2) is 29.2 Å². The predicted octanol–water partition coefficient (Wildman–Crippen LogP) is 2.29. The number of likely N-dealkylation sites (tertiary alicyclic amines) is 1. The van der Waals surface area contributed by atoms with Gasteiger partial charge in [-0.1, -0.05) is 12.1 Å². The summed E-state index contributed by atoms with van der Waals surface area (Å²) in [5, 5.41) is 9.52. The molecule has 0 aromatic heterocycles. The van der Waals surface area contributed by atoms with E-state index >= 15 is 0 Å². The maximum atomic E-state index is 13.4. The van der Waals surface area contributed by atoms with Gasteiger partial charge in [-0.3, -0.25) is 4.79 Å². The standard InChI is InChI=1S/C14H18FNO2S/c15-12-5-1-2-6-13(12)19-9-7-14(18)16-8-3-4-11(17)10-16/h1-2,5-6,11,17H,3-4,7-10H2. The Hall–Kier alpha value is -1.07. The summed E-state index contributed by atoms with van der Waals surface area (Å²) in [6, 6.07) is 6.58. The zero-order chi connectivity index (χ0) is 13.7. The molecule has 1 aliphatic rings. The van der Waals surface area contributed by atoms with Gasteiger partial charge in [0.15, 0.2) is 0 Å². The first kappa shape index (κ1) is 14.3. The fourth-order valence-electron chi connectivity index (χ4n) is 2.15. The summed E-state index contributed by atoms with van der Waals surface area (Å²) in [6.07, 6.45) is 1.62. The SMILES string of the molecule is O=C(CCSc1ccccc1F)N1CCCC(O)C1. The third-order valence-electron chi connectivity index (χ3n) is 3.16. The smallest absolute Gasteiger partial charge is 0.223 e. The van der Waals surface area contributed by atoms with Gasteiger partial charge >= 0.3 is 0 Å². The van der Waals surface area contributed by atoms with Gasteiger partial charge in [-0.15, -0.1) is 11.8 Å². The fourth-order valence-corrected chi connectivity index (χ4v) is 3.03. The Labute approximate surface area is 116 Å². The van der Waals surface area contributed by atoms with Gasteiger partial charge in [0.1, 0.15) is 5.82 Å². The minimum absolute atomic E-state index is 0.0441. The van der Waals surface area contributed by atoms with E-state index < -0.39 is 6.10 Å². The second-order valence-corrected chi connectivity index (χ2v) is 5.80. The van der Waals surface area contributed by atoms with E-state index in [1.807, 2.05) is 0 Å². The van der Waals surface area contributed by atoms with Crippen LogP contribution in [-0.2, 0) is 4.79 Å². The molecule has 0 bridgehead atoms. The maximum Gasteiger partial charge on any atom is 0.223 e. The Balaban J connectivity index is 1.76. The second kappa shape index (κ2) is 6.91. The number of nitrogens with zero attached hydrogens (tertiary/aromatic N) is 1. The van der Waals surface area contributed by atoms with E-state index in [2.05, 4.69) is 0 Å². The highest BCUT2D eigenvalue weighted by Gasteiger charge is 2.21. The molecule has 1 aliphatic heterocycles. The molecule has 5 heteroatoms. The lowest BCUT2D eigenvalue weighted by molar-refractivity contribution is -0.133. The molecule has 0 spiro atoms. The van der Waals surface area contributed by atoms with Gasteiger partial charge in [0, 0.05) is 30.2 Å². The summed E-state index contributed by atoms with van der Waals surface area (Å²) < 4.78 is 13.4. The van der Waals surface area contributed by atoms with Crippen LogP contribution in [0, 0.1) is 5.82 Å². The Bertz CT molecular complexity index is 441. The van der Waals surface area contributed by atoms with E-state index in [9.17, 15) is 14.3 Å². The third kappa shape index (κ3) is 4.21. The molecule has 1 heterocycles. The number of halogens is 1. The Morgan fingerprint density at radius 3 is 3.00 bits per heavy atom. The molecule has 1 aromatic rings. The number of thioether (sulfide) groups is 1. The molecule has 1 N–H and O–H groups in total. The number of aliphatic hydroxyl groups excluding tert-OH is 1. The molecule has 19 heavy (non-hydrogen) atoms. The molecule has 2 rings (SSSR count). The molecule has 1 amide bonds. The Morgan fingerprint density at radius 2 is 2.26 bits per heavy atom. The first-order valence-electron chi connectivity index (χ1n) is 6.50. The monoisotopic (exact) mass is 283 g/mol. The van der Waals surface area contributed by atoms with Crippen molar-refractivity contribution in [1.82, 2.24) is 4.90 Å². The summed E-state index contributed by atoms with van der Waals surface area (Å²) in [5.74, 6) is 0.364. The molecule has 1 atom stereocenters. The van der Waals surface area contributed by atoms with E-state index in [1.165, 1.54) is 17.8 Å². The lowest BCUT2D eigenvalue weighted by Crippen LogP contribution is -2.42. The molecule has 1 aromatic carbocycles. The molecule has 1 saturated heterocycles. The van der Waals surface area contributed by atoms with Gasteiger partial charge in [0.2, 0.25) is 5.91 Å². The van der Waals surface area contributed by atoms with Crippen molar-refractivity contribution in [3.63, 3.8) is 0 Å². The number of benzene rings is 1. The quantitative estimate of drug-likeness (QED) is 0.862. The first-order chi connectivity index (χ1) is 9.16. The van der Waals surface area contributed by atoms with Gasteiger partial charge in [0.25, 0.3) is 0 Å². The van der Waals surface area contributed by atoms with Crippen LogP contribution >= 0.6 is 11.8 Å². The van der Waals surface area contributed by atoms with Crippen LogP contribution in [0.5, 0.6) is 0 Å². The molecule has 0 radical (unpaired) electrons. The van der Waals surface area contributed by atoms with Crippen LogP contribution in [-0.4, -0.2) is 40.9 Å². The van der Waals surface area contributed by atoms with E-state index in [0.29, 0.717) is 23.6 Å². The van der Waals surface area contributed by atoms with Crippen molar-refractivity contribution in [3.8, 4) is 0 Å². The lowest BCUT2D eigenvalue weighted by Gasteiger charge is -2.30. The lowest BCUT2D eigenvalue weighted by atomic mass is 10.1. The first-order valence-corrected chi connectivity index (χ1v) is 7.48. The molecule has 1 fully saturated rings. The zero-order valence-corrected chi connectivity index (χ0v) is 11.5. The van der Waals surface area contributed by atoms with Crippen LogP contribution in [0.25, 0.3) is 0 Å². The van der Waals surface area contributed by atoms with Crippen LogP contribution in [0.2, 0.25) is 0 Å². The average Bonchev–Trinajstić information content (AvgIpc) is 2.41. The molecule has 104 valence electrons. The van der Waals surface area contributed by atoms with Crippen LogP contribution in [0.1, 0.15) is 19.3 Å². The van der Waals surface area contributed by atoms with E-state index in [1.54, 1.807) is 23.1 Å². The topological polar surface area (TPSA) is 40.5 Å². The van der Waals surface area contributed by atoms with Gasteiger partial charge in [-0.2, -0.15) is 0 Å². The highest BCUT2D eigenvalue weighted by Crippen LogP contribution is 2.22. The average molecular weight is 283 g/mol. The van der Waals surface area contributed by atoms with E-state index in [0.717, 1.165) is 19.4 Å². The third-order valence-corrected chi connectivity index (χ3v) is 4.21. The number of β-amino-alcohol motifs (C(OH)–C–C–N with tert-alkyl or cyclic N) is 1. The number of carbonyl (C=O) groups is 1. The summed E-state index contributed by atoms with van der Waals surface area (Å²) in [7, 11) is 0. The molecule has 3 nitrogen and oxygen atoms in total. The molecule has 1 unspecified atom stereocenters.